The van der Waals surface area contributed by atoms with E-state index in [-0.39, 0.29) is 23.0 Å². The lowest BCUT2D eigenvalue weighted by atomic mass is 10.2. The Morgan fingerprint density at radius 1 is 1.21 bits per heavy atom. The molecule has 10 heteroatoms. The number of carbonyl (C=O) groups excluding carboxylic acids is 2. The number of nitrogens with one attached hydrogen (secondary N) is 2. The van der Waals surface area contributed by atoms with Gasteiger partial charge in [0.25, 0.3) is 5.91 Å². The molecule has 1 heterocycles. The predicted octanol–water partition coefficient (Wildman–Crippen LogP) is 1.95. The number of carbonyl (C=O) groups is 2. The van der Waals surface area contributed by atoms with Crippen LogP contribution >= 0.6 is 0 Å². The van der Waals surface area contributed by atoms with E-state index >= 15 is 0 Å². The number of amides is 1. The van der Waals surface area contributed by atoms with Crippen molar-refractivity contribution in [1.29, 1.82) is 0 Å². The zero-order valence-corrected chi connectivity index (χ0v) is 17.0. The Kier molecular flexibility index (Phi) is 6.92. The number of ether oxygens (including phenoxy) is 1. The summed E-state index contributed by atoms with van der Waals surface area (Å²) in [4.78, 5) is 24.6. The van der Waals surface area contributed by atoms with Crippen molar-refractivity contribution in [2.24, 2.45) is 0 Å². The number of nitrogens with zero attached hydrogens (tertiary/aromatic N) is 2. The van der Waals surface area contributed by atoms with Gasteiger partial charge in [0.2, 0.25) is 10.0 Å². The zero-order valence-electron chi connectivity index (χ0n) is 16.2. The molecule has 0 fully saturated rings. The van der Waals surface area contributed by atoms with Crippen molar-refractivity contribution in [3.8, 4) is 0 Å². The second-order valence-corrected chi connectivity index (χ2v) is 8.09. The summed E-state index contributed by atoms with van der Waals surface area (Å²) in [6.07, 6.45) is 0.472. The van der Waals surface area contributed by atoms with Gasteiger partial charge in [-0.25, -0.2) is 22.6 Å². The Morgan fingerprint density at radius 2 is 1.93 bits per heavy atom. The van der Waals surface area contributed by atoms with E-state index in [9.17, 15) is 18.0 Å². The van der Waals surface area contributed by atoms with E-state index in [0.29, 0.717) is 5.82 Å². The quantitative estimate of drug-likeness (QED) is 0.644. The smallest absolute Gasteiger partial charge is 0.338 e. The van der Waals surface area contributed by atoms with Gasteiger partial charge in [0, 0.05) is 18.7 Å². The molecule has 1 unspecified atom stereocenters. The van der Waals surface area contributed by atoms with Crippen molar-refractivity contribution in [1.82, 2.24) is 14.5 Å². The standard InChI is InChI=1S/C18H24N4O5S/c1-5-20-28(25,26)15-8-6-7-14(11-15)18(24)27-13(4)17(23)21-16-9-10-19-22(16)12(2)3/h6-13,20H,5H2,1-4H3,(H,21,23). The topological polar surface area (TPSA) is 119 Å². The van der Waals surface area contributed by atoms with Crippen LogP contribution in [0.4, 0.5) is 5.82 Å². The molecule has 0 radical (unpaired) electrons. The van der Waals surface area contributed by atoms with Crippen LogP contribution in [0.5, 0.6) is 0 Å². The number of hydrogen-bond acceptors (Lipinski definition) is 6. The Hall–Kier alpha value is -2.72. The molecule has 9 nitrogen and oxygen atoms in total. The van der Waals surface area contributed by atoms with Gasteiger partial charge in [0.15, 0.2) is 6.10 Å². The highest BCUT2D eigenvalue weighted by Crippen LogP contribution is 2.15. The minimum absolute atomic E-state index is 0.0332. The van der Waals surface area contributed by atoms with Crippen LogP contribution in [-0.2, 0) is 19.6 Å². The Labute approximate surface area is 164 Å². The van der Waals surface area contributed by atoms with E-state index in [1.165, 1.54) is 31.2 Å². The maximum atomic E-state index is 12.3. The van der Waals surface area contributed by atoms with Crippen LogP contribution < -0.4 is 10.0 Å². The van der Waals surface area contributed by atoms with Crippen molar-refractivity contribution in [2.45, 2.75) is 44.7 Å². The number of anilines is 1. The predicted molar refractivity (Wildman–Crippen MR) is 103 cm³/mol. The fraction of sp³-hybridized carbons (Fsp3) is 0.389. The number of rotatable bonds is 8. The number of hydrogen-bond donors (Lipinski definition) is 2. The van der Waals surface area contributed by atoms with Crippen LogP contribution in [0.25, 0.3) is 0 Å². The summed E-state index contributed by atoms with van der Waals surface area (Å²) in [6.45, 7) is 7.14. The Balaban J connectivity index is 2.08. The molecule has 1 amide bonds. The van der Waals surface area contributed by atoms with Crippen LogP contribution in [-0.4, -0.2) is 42.7 Å². The molecule has 0 aliphatic carbocycles. The molecular weight excluding hydrogens is 384 g/mol. The lowest BCUT2D eigenvalue weighted by Gasteiger charge is -2.16. The first-order chi connectivity index (χ1) is 13.2. The summed E-state index contributed by atoms with van der Waals surface area (Å²) in [7, 11) is -3.71. The average molecular weight is 408 g/mol. The summed E-state index contributed by atoms with van der Waals surface area (Å²) in [6, 6.07) is 7.13. The number of benzene rings is 1. The van der Waals surface area contributed by atoms with Gasteiger partial charge < -0.3 is 10.1 Å². The fourth-order valence-corrected chi connectivity index (χ4v) is 3.48. The molecule has 0 saturated heterocycles. The molecule has 2 rings (SSSR count). The third-order valence-corrected chi connectivity index (χ3v) is 5.32. The largest absolute Gasteiger partial charge is 0.449 e. The van der Waals surface area contributed by atoms with E-state index in [1.807, 2.05) is 13.8 Å². The highest BCUT2D eigenvalue weighted by Gasteiger charge is 2.22. The average Bonchev–Trinajstić information content (AvgIpc) is 3.10. The zero-order chi connectivity index (χ0) is 20.9. The highest BCUT2D eigenvalue weighted by molar-refractivity contribution is 7.89. The number of sulfonamides is 1. The molecule has 1 aromatic heterocycles. The maximum Gasteiger partial charge on any atom is 0.338 e. The van der Waals surface area contributed by atoms with Crippen molar-refractivity contribution in [3.05, 3.63) is 42.1 Å². The normalized spacial score (nSPS) is 12.6. The second kappa shape index (κ2) is 8.98. The third-order valence-electron chi connectivity index (χ3n) is 3.78. The van der Waals surface area contributed by atoms with Crippen LogP contribution in [0.15, 0.2) is 41.4 Å². The minimum atomic E-state index is -3.71. The summed E-state index contributed by atoms with van der Waals surface area (Å²) < 4.78 is 33.3. The van der Waals surface area contributed by atoms with Gasteiger partial charge in [-0.15, -0.1) is 0 Å². The van der Waals surface area contributed by atoms with Gasteiger partial charge in [0.1, 0.15) is 5.82 Å². The second-order valence-electron chi connectivity index (χ2n) is 6.32. The first kappa shape index (κ1) is 21.6. The van der Waals surface area contributed by atoms with Crippen molar-refractivity contribution in [2.75, 3.05) is 11.9 Å². The summed E-state index contributed by atoms with van der Waals surface area (Å²) in [5.74, 6) is -0.831. The first-order valence-corrected chi connectivity index (χ1v) is 10.3. The minimum Gasteiger partial charge on any atom is -0.449 e. The molecule has 1 atom stereocenters. The molecule has 1 aromatic carbocycles. The molecule has 2 N–H and O–H groups in total. The lowest BCUT2D eigenvalue weighted by molar-refractivity contribution is -0.123. The Morgan fingerprint density at radius 3 is 2.57 bits per heavy atom. The number of esters is 1. The van der Waals surface area contributed by atoms with Crippen molar-refractivity contribution < 1.29 is 22.7 Å². The molecule has 0 saturated carbocycles. The first-order valence-electron chi connectivity index (χ1n) is 8.80. The monoisotopic (exact) mass is 408 g/mol. The van der Waals surface area contributed by atoms with Crippen LogP contribution in [0.3, 0.4) is 0 Å². The maximum absolute atomic E-state index is 12.3. The summed E-state index contributed by atoms with van der Waals surface area (Å²) in [5.41, 5.74) is 0.0332. The molecule has 2 aromatic rings. The van der Waals surface area contributed by atoms with Gasteiger partial charge in [-0.05, 0) is 39.0 Å². The third kappa shape index (κ3) is 5.17. The van der Waals surface area contributed by atoms with Crippen LogP contribution in [0.1, 0.15) is 44.1 Å². The van der Waals surface area contributed by atoms with E-state index in [2.05, 4.69) is 15.1 Å². The van der Waals surface area contributed by atoms with Crippen molar-refractivity contribution >= 4 is 27.7 Å². The molecule has 0 spiro atoms. The summed E-state index contributed by atoms with van der Waals surface area (Å²) in [5, 5.41) is 6.77. The van der Waals surface area contributed by atoms with Crippen molar-refractivity contribution in [3.63, 3.8) is 0 Å². The Bertz CT molecular complexity index is 952. The summed E-state index contributed by atoms with van der Waals surface area (Å²) >= 11 is 0. The molecular formula is C18H24N4O5S. The van der Waals surface area contributed by atoms with E-state index < -0.39 is 28.0 Å². The molecule has 152 valence electrons. The molecule has 28 heavy (non-hydrogen) atoms. The van der Waals surface area contributed by atoms with Gasteiger partial charge in [-0.3, -0.25) is 4.79 Å². The van der Waals surface area contributed by atoms with Gasteiger partial charge in [0.05, 0.1) is 16.7 Å². The SMILES string of the molecule is CCNS(=O)(=O)c1cccc(C(=O)OC(C)C(=O)Nc2ccnn2C(C)C)c1. The van der Waals surface area contributed by atoms with E-state index in [1.54, 1.807) is 23.9 Å². The van der Waals surface area contributed by atoms with Gasteiger partial charge >= 0.3 is 5.97 Å². The van der Waals surface area contributed by atoms with Gasteiger partial charge in [-0.2, -0.15) is 5.10 Å². The van der Waals surface area contributed by atoms with Crippen LogP contribution in [0, 0.1) is 0 Å². The van der Waals surface area contributed by atoms with Crippen LogP contribution in [0.2, 0.25) is 0 Å². The van der Waals surface area contributed by atoms with E-state index in [4.69, 9.17) is 4.74 Å². The molecule has 0 bridgehead atoms. The highest BCUT2D eigenvalue weighted by atomic mass is 32.2. The van der Waals surface area contributed by atoms with Gasteiger partial charge in [-0.1, -0.05) is 13.0 Å². The fourth-order valence-electron chi connectivity index (χ4n) is 2.40. The molecule has 0 aliphatic heterocycles. The molecule has 0 aliphatic rings. The van der Waals surface area contributed by atoms with E-state index in [0.717, 1.165) is 0 Å². The lowest BCUT2D eigenvalue weighted by Crippen LogP contribution is -2.31. The number of aromatic nitrogens is 2.